The van der Waals surface area contributed by atoms with Crippen LogP contribution >= 0.6 is 0 Å². The molecule has 1 saturated heterocycles. The lowest BCUT2D eigenvalue weighted by molar-refractivity contribution is -0.127. The summed E-state index contributed by atoms with van der Waals surface area (Å²) in [6.07, 6.45) is 1.91. The molecule has 9 heteroatoms. The highest BCUT2D eigenvalue weighted by Gasteiger charge is 2.33. The van der Waals surface area contributed by atoms with Crippen LogP contribution in [0.1, 0.15) is 30.9 Å². The zero-order valence-corrected chi connectivity index (χ0v) is 18.3. The van der Waals surface area contributed by atoms with Crippen LogP contribution in [0.25, 0.3) is 0 Å². The summed E-state index contributed by atoms with van der Waals surface area (Å²) in [5.74, 6) is -0.252. The minimum absolute atomic E-state index is 0.0283. The predicted octanol–water partition coefficient (Wildman–Crippen LogP) is 2.82. The van der Waals surface area contributed by atoms with Gasteiger partial charge in [0.1, 0.15) is 6.10 Å². The highest BCUT2D eigenvalue weighted by Crippen LogP contribution is 2.33. The Hall–Kier alpha value is -2.91. The number of carbonyl (C=O) groups is 2. The zero-order valence-electron chi connectivity index (χ0n) is 17.5. The molecule has 0 bridgehead atoms. The second kappa shape index (κ2) is 8.32. The first-order chi connectivity index (χ1) is 14.7. The first kappa shape index (κ1) is 21.3. The first-order valence-electron chi connectivity index (χ1n) is 10.2. The van der Waals surface area contributed by atoms with Crippen molar-refractivity contribution in [3.8, 4) is 0 Å². The van der Waals surface area contributed by atoms with Gasteiger partial charge in [0.25, 0.3) is 15.9 Å². The summed E-state index contributed by atoms with van der Waals surface area (Å²) in [6.45, 7) is 4.25. The number of aryl methyl sites for hydroxylation is 1. The molecule has 1 unspecified atom stereocenters. The van der Waals surface area contributed by atoms with Crippen molar-refractivity contribution in [2.45, 2.75) is 44.1 Å². The summed E-state index contributed by atoms with van der Waals surface area (Å²) in [6, 6.07) is 9.86. The standard InChI is InChI=1S/C22H25N3O5S/c1-14-12-17(23-15(2)26)6-8-21(14)31(28,29)24-18-5-7-19-16(13-18)9-10-25(19)22(27)20-4-3-11-30-20/h5-8,12-13,20,24H,3-4,9-11H2,1-2H3,(H,23,26). The number of anilines is 3. The highest BCUT2D eigenvalue weighted by atomic mass is 32.2. The molecule has 2 amide bonds. The number of amides is 2. The van der Waals surface area contributed by atoms with Gasteiger partial charge < -0.3 is 15.0 Å². The molecule has 0 aromatic heterocycles. The number of rotatable bonds is 5. The molecule has 4 rings (SSSR count). The number of sulfonamides is 1. The molecule has 1 fully saturated rings. The van der Waals surface area contributed by atoms with Gasteiger partial charge in [0.05, 0.1) is 4.90 Å². The Morgan fingerprint density at radius 3 is 2.58 bits per heavy atom. The van der Waals surface area contributed by atoms with Crippen LogP contribution in [0.5, 0.6) is 0 Å². The van der Waals surface area contributed by atoms with E-state index in [4.69, 9.17) is 4.74 Å². The van der Waals surface area contributed by atoms with Crippen molar-refractivity contribution in [3.63, 3.8) is 0 Å². The van der Waals surface area contributed by atoms with E-state index in [1.54, 1.807) is 42.2 Å². The maximum absolute atomic E-state index is 12.9. The average Bonchev–Trinajstić information content (AvgIpc) is 3.36. The summed E-state index contributed by atoms with van der Waals surface area (Å²) in [7, 11) is -3.81. The van der Waals surface area contributed by atoms with Crippen molar-refractivity contribution in [1.29, 1.82) is 0 Å². The fourth-order valence-corrected chi connectivity index (χ4v) is 5.36. The van der Waals surface area contributed by atoms with Crippen LogP contribution in [0.4, 0.5) is 17.1 Å². The highest BCUT2D eigenvalue weighted by molar-refractivity contribution is 7.92. The van der Waals surface area contributed by atoms with Crippen LogP contribution in [0, 0.1) is 6.92 Å². The van der Waals surface area contributed by atoms with Crippen LogP contribution in [0.3, 0.4) is 0 Å². The summed E-state index contributed by atoms with van der Waals surface area (Å²) >= 11 is 0. The van der Waals surface area contributed by atoms with Gasteiger partial charge in [-0.15, -0.1) is 0 Å². The molecule has 0 spiro atoms. The molecule has 8 nitrogen and oxygen atoms in total. The number of nitrogens with one attached hydrogen (secondary N) is 2. The van der Waals surface area contributed by atoms with Gasteiger partial charge in [0, 0.05) is 37.1 Å². The van der Waals surface area contributed by atoms with Crippen molar-refractivity contribution < 1.29 is 22.7 Å². The smallest absolute Gasteiger partial charge is 0.262 e. The van der Waals surface area contributed by atoms with E-state index in [1.165, 1.54) is 13.0 Å². The maximum atomic E-state index is 12.9. The van der Waals surface area contributed by atoms with Crippen LogP contribution in [-0.2, 0) is 30.8 Å². The lowest BCUT2D eigenvalue weighted by Gasteiger charge is -2.21. The number of hydrogen-bond acceptors (Lipinski definition) is 5. The maximum Gasteiger partial charge on any atom is 0.262 e. The number of carbonyl (C=O) groups excluding carboxylic acids is 2. The third kappa shape index (κ3) is 4.42. The number of benzene rings is 2. The molecule has 2 aromatic carbocycles. The van der Waals surface area contributed by atoms with Crippen molar-refractivity contribution in [1.82, 2.24) is 0 Å². The van der Waals surface area contributed by atoms with Gasteiger partial charge in [-0.05, 0) is 73.7 Å². The SMILES string of the molecule is CC(=O)Nc1ccc(S(=O)(=O)Nc2ccc3c(c2)CCN3C(=O)C2CCCO2)c(C)c1. The monoisotopic (exact) mass is 443 g/mol. The summed E-state index contributed by atoms with van der Waals surface area (Å²) in [5, 5.41) is 2.64. The fourth-order valence-electron chi connectivity index (χ4n) is 4.08. The van der Waals surface area contributed by atoms with Gasteiger partial charge in [0.2, 0.25) is 5.91 Å². The largest absolute Gasteiger partial charge is 0.368 e. The molecule has 31 heavy (non-hydrogen) atoms. The number of ether oxygens (including phenoxy) is 1. The Labute approximate surface area is 181 Å². The topological polar surface area (TPSA) is 105 Å². The molecular weight excluding hydrogens is 418 g/mol. The Morgan fingerprint density at radius 2 is 1.90 bits per heavy atom. The van der Waals surface area contributed by atoms with Crippen molar-refractivity contribution >= 4 is 38.9 Å². The summed E-state index contributed by atoms with van der Waals surface area (Å²) < 4.78 is 34.0. The number of hydrogen-bond donors (Lipinski definition) is 2. The Morgan fingerprint density at radius 1 is 1.13 bits per heavy atom. The van der Waals surface area contributed by atoms with Crippen LogP contribution in [-0.4, -0.2) is 39.5 Å². The van der Waals surface area contributed by atoms with E-state index in [1.807, 2.05) is 0 Å². The van der Waals surface area contributed by atoms with Crippen LogP contribution in [0.15, 0.2) is 41.3 Å². The van der Waals surface area contributed by atoms with Gasteiger partial charge in [-0.25, -0.2) is 8.42 Å². The van der Waals surface area contributed by atoms with E-state index in [2.05, 4.69) is 10.0 Å². The van der Waals surface area contributed by atoms with Gasteiger partial charge in [-0.3, -0.25) is 14.3 Å². The Kier molecular flexibility index (Phi) is 5.72. The molecular formula is C22H25N3O5S. The third-order valence-electron chi connectivity index (χ3n) is 5.48. The third-order valence-corrected chi connectivity index (χ3v) is 7.02. The molecule has 2 aliphatic heterocycles. The van der Waals surface area contributed by atoms with Gasteiger partial charge >= 0.3 is 0 Å². The van der Waals surface area contributed by atoms with E-state index in [9.17, 15) is 18.0 Å². The van der Waals surface area contributed by atoms with Gasteiger partial charge in [-0.2, -0.15) is 0 Å². The second-order valence-corrected chi connectivity index (χ2v) is 9.50. The predicted molar refractivity (Wildman–Crippen MR) is 118 cm³/mol. The van der Waals surface area contributed by atoms with Crippen LogP contribution in [0.2, 0.25) is 0 Å². The number of nitrogens with zero attached hydrogens (tertiary/aromatic N) is 1. The number of fused-ring (bicyclic) bond motifs is 1. The lowest BCUT2D eigenvalue weighted by atomic mass is 10.1. The van der Waals surface area contributed by atoms with Gasteiger partial charge in [-0.1, -0.05) is 0 Å². The molecule has 0 radical (unpaired) electrons. The second-order valence-electron chi connectivity index (χ2n) is 7.85. The normalized spacial score (nSPS) is 18.0. The van der Waals surface area contributed by atoms with Crippen molar-refractivity contribution in [2.75, 3.05) is 28.1 Å². The first-order valence-corrected chi connectivity index (χ1v) is 11.7. The molecule has 2 aliphatic rings. The molecule has 0 aliphatic carbocycles. The Bertz CT molecular complexity index is 1140. The molecule has 2 aromatic rings. The summed E-state index contributed by atoms with van der Waals surface area (Å²) in [5.41, 5.74) is 3.23. The average molecular weight is 444 g/mol. The minimum atomic E-state index is -3.81. The van der Waals surface area contributed by atoms with Crippen LogP contribution < -0.4 is 14.9 Å². The van der Waals surface area contributed by atoms with E-state index in [0.717, 1.165) is 24.1 Å². The van der Waals surface area contributed by atoms with E-state index in [-0.39, 0.29) is 22.8 Å². The van der Waals surface area contributed by atoms with E-state index < -0.39 is 10.0 Å². The minimum Gasteiger partial charge on any atom is -0.368 e. The summed E-state index contributed by atoms with van der Waals surface area (Å²) in [4.78, 5) is 25.8. The molecule has 1 atom stereocenters. The lowest BCUT2D eigenvalue weighted by Crippen LogP contribution is -2.37. The van der Waals surface area contributed by atoms with E-state index in [0.29, 0.717) is 36.5 Å². The molecule has 0 saturated carbocycles. The molecule has 2 heterocycles. The quantitative estimate of drug-likeness (QED) is 0.739. The molecule has 2 N–H and O–H groups in total. The zero-order chi connectivity index (χ0) is 22.2. The van der Waals surface area contributed by atoms with E-state index >= 15 is 0 Å². The van der Waals surface area contributed by atoms with Crippen molar-refractivity contribution in [2.24, 2.45) is 0 Å². The Balaban J connectivity index is 1.52. The fraction of sp³-hybridized carbons (Fsp3) is 0.364. The molecule has 164 valence electrons. The van der Waals surface area contributed by atoms with Gasteiger partial charge in [0.15, 0.2) is 0 Å². The van der Waals surface area contributed by atoms with Crippen molar-refractivity contribution in [3.05, 3.63) is 47.5 Å².